The number of hydrogen-bond donors (Lipinski definition) is 2. The molecule has 24 heavy (non-hydrogen) atoms. The number of nitrogens with zero attached hydrogens (tertiary/aromatic N) is 1. The van der Waals surface area contributed by atoms with Gasteiger partial charge in [0.15, 0.2) is 0 Å². The van der Waals surface area contributed by atoms with Gasteiger partial charge in [-0.15, -0.1) is 0 Å². The molecule has 0 saturated heterocycles. The first-order valence-electron chi connectivity index (χ1n) is 7.20. The number of carbonyl (C=O) groups is 1. The SMILES string of the molecule is CC1(c2cccc(NC(=O)Oc3cc(Br)co3)c2)COCC(N)=N1. The molecule has 0 radical (unpaired) electrons. The quantitative estimate of drug-likeness (QED) is 0.833. The fourth-order valence-corrected chi connectivity index (χ4v) is 2.68. The number of ether oxygens (including phenoxy) is 2. The van der Waals surface area contributed by atoms with Crippen molar-refractivity contribution in [3.05, 3.63) is 46.6 Å². The van der Waals surface area contributed by atoms with Crippen molar-refractivity contribution < 1.29 is 18.7 Å². The van der Waals surface area contributed by atoms with Crippen LogP contribution in [0.5, 0.6) is 5.95 Å². The van der Waals surface area contributed by atoms with Gasteiger partial charge < -0.3 is 19.6 Å². The third kappa shape index (κ3) is 3.77. The molecular weight excluding hydrogens is 378 g/mol. The molecule has 0 fully saturated rings. The summed E-state index contributed by atoms with van der Waals surface area (Å²) in [4.78, 5) is 16.4. The molecule has 0 aliphatic carbocycles. The fraction of sp³-hybridized carbons (Fsp3) is 0.250. The van der Waals surface area contributed by atoms with E-state index in [-0.39, 0.29) is 5.95 Å². The van der Waals surface area contributed by atoms with Gasteiger partial charge in [0.25, 0.3) is 5.95 Å². The highest BCUT2D eigenvalue weighted by Gasteiger charge is 2.30. The lowest BCUT2D eigenvalue weighted by Crippen LogP contribution is -2.37. The molecule has 1 aromatic carbocycles. The molecule has 1 aliphatic heterocycles. The first kappa shape index (κ1) is 16.5. The van der Waals surface area contributed by atoms with Crippen LogP contribution >= 0.6 is 15.9 Å². The van der Waals surface area contributed by atoms with E-state index in [4.69, 9.17) is 19.6 Å². The lowest BCUT2D eigenvalue weighted by Gasteiger charge is -2.30. The van der Waals surface area contributed by atoms with Gasteiger partial charge in [-0.2, -0.15) is 0 Å². The van der Waals surface area contributed by atoms with Crippen molar-refractivity contribution in [2.75, 3.05) is 18.5 Å². The second-order valence-corrected chi connectivity index (χ2v) is 6.46. The fourth-order valence-electron chi connectivity index (χ4n) is 2.40. The second kappa shape index (κ2) is 6.66. The number of aliphatic imine (C=N–C) groups is 1. The zero-order valence-corrected chi connectivity index (χ0v) is 14.5. The Labute approximate surface area is 147 Å². The number of amides is 1. The molecule has 1 amide bonds. The predicted molar refractivity (Wildman–Crippen MR) is 92.3 cm³/mol. The van der Waals surface area contributed by atoms with Gasteiger partial charge in [-0.3, -0.25) is 10.3 Å². The van der Waals surface area contributed by atoms with Crippen LogP contribution in [0.2, 0.25) is 0 Å². The van der Waals surface area contributed by atoms with Gasteiger partial charge in [-0.05, 0) is 40.5 Å². The topological polar surface area (TPSA) is 99.1 Å². The molecule has 0 spiro atoms. The molecule has 8 heteroatoms. The smallest absolute Gasteiger partial charge is 0.419 e. The summed E-state index contributed by atoms with van der Waals surface area (Å²) in [7, 11) is 0. The van der Waals surface area contributed by atoms with Crippen molar-refractivity contribution in [2.45, 2.75) is 12.5 Å². The van der Waals surface area contributed by atoms with Crippen LogP contribution in [-0.2, 0) is 10.3 Å². The van der Waals surface area contributed by atoms with E-state index >= 15 is 0 Å². The molecular formula is C16H16BrN3O4. The number of halogens is 1. The maximum Gasteiger partial charge on any atom is 0.419 e. The Bertz CT molecular complexity index is 789. The zero-order chi connectivity index (χ0) is 17.2. The van der Waals surface area contributed by atoms with Crippen molar-refractivity contribution in [2.24, 2.45) is 10.7 Å². The molecule has 2 heterocycles. The largest absolute Gasteiger partial charge is 0.433 e. The second-order valence-electron chi connectivity index (χ2n) is 5.55. The van der Waals surface area contributed by atoms with Crippen molar-refractivity contribution in [1.29, 1.82) is 0 Å². The van der Waals surface area contributed by atoms with Crippen molar-refractivity contribution in [3.8, 4) is 5.95 Å². The molecule has 7 nitrogen and oxygen atoms in total. The molecule has 0 bridgehead atoms. The van der Waals surface area contributed by atoms with Crippen LogP contribution in [0, 0.1) is 0 Å². The Morgan fingerprint density at radius 2 is 2.29 bits per heavy atom. The van der Waals surface area contributed by atoms with Crippen LogP contribution in [0.3, 0.4) is 0 Å². The number of amidine groups is 1. The first-order valence-corrected chi connectivity index (χ1v) is 7.99. The molecule has 3 rings (SSSR count). The molecule has 1 aliphatic rings. The monoisotopic (exact) mass is 393 g/mol. The zero-order valence-electron chi connectivity index (χ0n) is 12.9. The highest BCUT2D eigenvalue weighted by molar-refractivity contribution is 9.10. The van der Waals surface area contributed by atoms with E-state index in [0.29, 0.717) is 29.2 Å². The number of benzene rings is 1. The Morgan fingerprint density at radius 1 is 1.46 bits per heavy atom. The summed E-state index contributed by atoms with van der Waals surface area (Å²) in [6, 6.07) is 8.84. The van der Waals surface area contributed by atoms with E-state index in [9.17, 15) is 4.79 Å². The maximum absolute atomic E-state index is 11.9. The summed E-state index contributed by atoms with van der Waals surface area (Å²) in [6.07, 6.45) is 0.775. The van der Waals surface area contributed by atoms with Gasteiger partial charge in [0.05, 0.1) is 11.1 Å². The van der Waals surface area contributed by atoms with E-state index < -0.39 is 11.6 Å². The minimum atomic E-state index is -0.651. The van der Waals surface area contributed by atoms with Crippen molar-refractivity contribution in [1.82, 2.24) is 0 Å². The predicted octanol–water partition coefficient (Wildman–Crippen LogP) is 3.26. The van der Waals surface area contributed by atoms with E-state index in [2.05, 4.69) is 26.2 Å². The highest BCUT2D eigenvalue weighted by Crippen LogP contribution is 2.30. The van der Waals surface area contributed by atoms with Gasteiger partial charge in [-0.1, -0.05) is 12.1 Å². The summed E-state index contributed by atoms with van der Waals surface area (Å²) in [6.45, 7) is 2.68. The maximum atomic E-state index is 11.9. The number of carbonyl (C=O) groups excluding carboxylic acids is 1. The van der Waals surface area contributed by atoms with Crippen LogP contribution in [0.15, 0.2) is 50.5 Å². The van der Waals surface area contributed by atoms with Crippen LogP contribution in [0.1, 0.15) is 12.5 Å². The number of rotatable bonds is 3. The Kier molecular flexibility index (Phi) is 4.59. The minimum absolute atomic E-state index is 0.0977. The van der Waals surface area contributed by atoms with E-state index in [1.165, 1.54) is 6.26 Å². The molecule has 2 aromatic rings. The van der Waals surface area contributed by atoms with Gasteiger partial charge >= 0.3 is 6.09 Å². The number of hydrogen-bond acceptors (Lipinski definition) is 6. The van der Waals surface area contributed by atoms with Gasteiger partial charge in [0.2, 0.25) is 0 Å². The normalized spacial score (nSPS) is 20.3. The van der Waals surface area contributed by atoms with Crippen molar-refractivity contribution >= 4 is 33.5 Å². The summed E-state index contributed by atoms with van der Waals surface area (Å²) < 4.78 is 16.2. The van der Waals surface area contributed by atoms with Crippen LogP contribution in [0.4, 0.5) is 10.5 Å². The number of furan rings is 1. The van der Waals surface area contributed by atoms with E-state index in [0.717, 1.165) is 5.56 Å². The molecule has 0 saturated carbocycles. The Morgan fingerprint density at radius 3 is 3.00 bits per heavy atom. The van der Waals surface area contributed by atoms with E-state index in [1.807, 2.05) is 25.1 Å². The molecule has 1 aromatic heterocycles. The molecule has 126 valence electrons. The molecule has 1 atom stereocenters. The van der Waals surface area contributed by atoms with Crippen LogP contribution in [0.25, 0.3) is 0 Å². The number of nitrogens with one attached hydrogen (secondary N) is 1. The third-order valence-corrected chi connectivity index (χ3v) is 3.91. The molecule has 3 N–H and O–H groups in total. The van der Waals surface area contributed by atoms with E-state index in [1.54, 1.807) is 12.1 Å². The highest BCUT2D eigenvalue weighted by atomic mass is 79.9. The minimum Gasteiger partial charge on any atom is -0.433 e. The van der Waals surface area contributed by atoms with Crippen LogP contribution < -0.4 is 15.8 Å². The number of anilines is 1. The average Bonchev–Trinajstić information content (AvgIpc) is 2.92. The van der Waals surface area contributed by atoms with Gasteiger partial charge in [0, 0.05) is 11.8 Å². The Hall–Kier alpha value is -2.32. The van der Waals surface area contributed by atoms with Crippen LogP contribution in [-0.4, -0.2) is 25.1 Å². The third-order valence-electron chi connectivity index (χ3n) is 3.49. The summed E-state index contributed by atoms with van der Waals surface area (Å²) in [5, 5.41) is 2.65. The lowest BCUT2D eigenvalue weighted by atomic mass is 9.92. The average molecular weight is 394 g/mol. The van der Waals surface area contributed by atoms with Crippen molar-refractivity contribution in [3.63, 3.8) is 0 Å². The lowest BCUT2D eigenvalue weighted by molar-refractivity contribution is 0.106. The van der Waals surface area contributed by atoms with Gasteiger partial charge in [0.1, 0.15) is 24.2 Å². The standard InChI is InChI=1S/C16H16BrN3O4/c1-16(9-22-8-13(18)20-16)10-3-2-4-12(5-10)19-15(21)24-14-6-11(17)7-23-14/h2-7H,8-9H2,1H3,(H2,18,20)(H,19,21). The van der Waals surface area contributed by atoms with Gasteiger partial charge in [-0.25, -0.2) is 4.79 Å². The Balaban J connectivity index is 1.73. The summed E-state index contributed by atoms with van der Waals surface area (Å²) >= 11 is 3.21. The summed E-state index contributed by atoms with van der Waals surface area (Å²) in [5.41, 5.74) is 6.64. The summed E-state index contributed by atoms with van der Waals surface area (Å²) in [5.74, 6) is 0.547. The first-order chi connectivity index (χ1) is 11.4. The molecule has 1 unspecified atom stereocenters. The number of nitrogens with two attached hydrogens (primary N) is 1.